The number of aliphatic carboxylic acids is 1. The zero-order valence-electron chi connectivity index (χ0n) is 12.8. The van der Waals surface area contributed by atoms with Crippen LogP contribution in [-0.2, 0) is 9.53 Å². The Morgan fingerprint density at radius 3 is 2.50 bits per heavy atom. The molecule has 0 saturated carbocycles. The molecule has 0 aliphatic carbocycles. The summed E-state index contributed by atoms with van der Waals surface area (Å²) in [6, 6.07) is 3.76. The zero-order valence-corrected chi connectivity index (χ0v) is 12.8. The van der Waals surface area contributed by atoms with Gasteiger partial charge in [-0.1, -0.05) is 0 Å². The fraction of sp³-hybridized carbons (Fsp3) is 0.429. The van der Waals surface area contributed by atoms with E-state index in [1.54, 1.807) is 39.0 Å². The summed E-state index contributed by atoms with van der Waals surface area (Å²) in [5.74, 6) is -1.13. The number of aromatic amines is 1. The molecule has 1 atom stereocenters. The van der Waals surface area contributed by atoms with Crippen molar-refractivity contribution in [1.82, 2.24) is 15.4 Å². The summed E-state index contributed by atoms with van der Waals surface area (Å²) in [4.78, 5) is 24.8. The highest BCUT2D eigenvalue weighted by atomic mass is 16.6. The van der Waals surface area contributed by atoms with Crippen molar-refractivity contribution in [2.24, 2.45) is 0 Å². The molecule has 0 saturated heterocycles. The zero-order chi connectivity index (χ0) is 16.5. The molecule has 0 aliphatic rings. The third kappa shape index (κ3) is 3.33. The number of carbonyl (C=O) groups excluding carboxylic acids is 1. The van der Waals surface area contributed by atoms with Gasteiger partial charge in [0.05, 0.1) is 5.69 Å². The molecular weight excluding hydrogens is 288 g/mol. The number of carboxylic acid groups (broad SMARTS) is 1. The van der Waals surface area contributed by atoms with E-state index in [1.807, 2.05) is 0 Å². The first kappa shape index (κ1) is 15.7. The van der Waals surface area contributed by atoms with Gasteiger partial charge in [-0.05, 0) is 45.9 Å². The lowest BCUT2D eigenvalue weighted by Crippen LogP contribution is -2.46. The Labute approximate surface area is 127 Å². The van der Waals surface area contributed by atoms with Crippen molar-refractivity contribution in [3.05, 3.63) is 18.2 Å². The highest BCUT2D eigenvalue weighted by molar-refractivity contribution is 5.96. The van der Waals surface area contributed by atoms with E-state index in [9.17, 15) is 14.7 Å². The molecule has 2 aromatic rings. The first-order valence-electron chi connectivity index (χ1n) is 6.74. The van der Waals surface area contributed by atoms with Gasteiger partial charge in [0.1, 0.15) is 22.7 Å². The van der Waals surface area contributed by atoms with Crippen LogP contribution in [0.3, 0.4) is 0 Å². The van der Waals surface area contributed by atoms with Crippen molar-refractivity contribution in [1.29, 1.82) is 0 Å². The van der Waals surface area contributed by atoms with Crippen molar-refractivity contribution in [2.45, 2.75) is 39.3 Å². The predicted molar refractivity (Wildman–Crippen MR) is 79.7 cm³/mol. The molecule has 22 heavy (non-hydrogen) atoms. The fourth-order valence-corrected chi connectivity index (χ4v) is 1.89. The van der Waals surface area contributed by atoms with Gasteiger partial charge in [-0.2, -0.15) is 15.4 Å². The Bertz CT molecular complexity index is 704. The summed E-state index contributed by atoms with van der Waals surface area (Å²) in [6.45, 7) is 6.57. The summed E-state index contributed by atoms with van der Waals surface area (Å²) < 4.78 is 5.30. The van der Waals surface area contributed by atoms with E-state index in [2.05, 4.69) is 15.4 Å². The second-order valence-electron chi connectivity index (χ2n) is 5.86. The summed E-state index contributed by atoms with van der Waals surface area (Å²) in [7, 11) is 0. The molecule has 8 heteroatoms. The quantitative estimate of drug-likeness (QED) is 0.899. The monoisotopic (exact) mass is 306 g/mol. The molecule has 1 amide bonds. The van der Waals surface area contributed by atoms with Gasteiger partial charge in [0.25, 0.3) is 0 Å². The maximum Gasteiger partial charge on any atom is 0.415 e. The topological polar surface area (TPSA) is 108 Å². The van der Waals surface area contributed by atoms with E-state index in [0.29, 0.717) is 16.7 Å². The van der Waals surface area contributed by atoms with E-state index < -0.39 is 23.7 Å². The third-order valence-corrected chi connectivity index (χ3v) is 2.91. The number of carboxylic acids is 1. The van der Waals surface area contributed by atoms with Crippen LogP contribution in [0.15, 0.2) is 18.2 Å². The van der Waals surface area contributed by atoms with Crippen molar-refractivity contribution >= 4 is 28.8 Å². The van der Waals surface area contributed by atoms with E-state index in [4.69, 9.17) is 4.74 Å². The number of hydrogen-bond acceptors (Lipinski definition) is 5. The molecular formula is C14H18N4O4. The standard InChI is InChI=1S/C14H18N4O4/c1-8(12(19)20)18(13(21)22-14(2,3)4)9-5-6-10-11(7-9)16-17-15-10/h5-8H,1-4H3,(H,19,20)(H,15,16,17)/t8-/m0/s1. The lowest BCUT2D eigenvalue weighted by atomic mass is 10.2. The van der Waals surface area contributed by atoms with Crippen LogP contribution in [0.4, 0.5) is 10.5 Å². The fourth-order valence-electron chi connectivity index (χ4n) is 1.89. The van der Waals surface area contributed by atoms with Crippen LogP contribution in [0.5, 0.6) is 0 Å². The first-order valence-corrected chi connectivity index (χ1v) is 6.74. The molecule has 0 spiro atoms. The van der Waals surface area contributed by atoms with Gasteiger partial charge in [-0.15, -0.1) is 0 Å². The van der Waals surface area contributed by atoms with Gasteiger partial charge in [0, 0.05) is 0 Å². The number of nitrogens with zero attached hydrogens (tertiary/aromatic N) is 3. The molecule has 1 aromatic carbocycles. The van der Waals surface area contributed by atoms with Crippen molar-refractivity contribution in [3.8, 4) is 0 Å². The number of aromatic nitrogens is 3. The summed E-state index contributed by atoms with van der Waals surface area (Å²) in [5.41, 5.74) is 0.802. The molecule has 2 N–H and O–H groups in total. The molecule has 0 aliphatic heterocycles. The second-order valence-corrected chi connectivity index (χ2v) is 5.86. The lowest BCUT2D eigenvalue weighted by Gasteiger charge is -2.29. The number of rotatable bonds is 3. The molecule has 0 bridgehead atoms. The third-order valence-electron chi connectivity index (χ3n) is 2.91. The van der Waals surface area contributed by atoms with Gasteiger partial charge >= 0.3 is 12.1 Å². The van der Waals surface area contributed by atoms with E-state index in [1.165, 1.54) is 6.92 Å². The van der Waals surface area contributed by atoms with Gasteiger partial charge in [0.2, 0.25) is 0 Å². The second kappa shape index (κ2) is 5.63. The Hall–Kier alpha value is -2.64. The van der Waals surface area contributed by atoms with Crippen LogP contribution in [-0.4, -0.2) is 44.2 Å². The average Bonchev–Trinajstić information content (AvgIpc) is 2.83. The molecule has 0 fully saturated rings. The van der Waals surface area contributed by atoms with Crippen molar-refractivity contribution in [3.63, 3.8) is 0 Å². The number of fused-ring (bicyclic) bond motifs is 1. The maximum absolute atomic E-state index is 12.4. The lowest BCUT2D eigenvalue weighted by molar-refractivity contribution is -0.138. The van der Waals surface area contributed by atoms with Crippen LogP contribution in [0.1, 0.15) is 27.7 Å². The molecule has 0 radical (unpaired) electrons. The molecule has 118 valence electrons. The highest BCUT2D eigenvalue weighted by Crippen LogP contribution is 2.24. The normalized spacial score (nSPS) is 12.9. The van der Waals surface area contributed by atoms with Crippen LogP contribution in [0.25, 0.3) is 11.0 Å². The number of ether oxygens (including phenoxy) is 1. The predicted octanol–water partition coefficient (Wildman–Crippen LogP) is 2.17. The number of nitrogens with one attached hydrogen (secondary N) is 1. The molecule has 2 rings (SSSR count). The maximum atomic E-state index is 12.4. The Kier molecular flexibility index (Phi) is 4.03. The number of amides is 1. The van der Waals surface area contributed by atoms with Gasteiger partial charge in [0.15, 0.2) is 0 Å². The van der Waals surface area contributed by atoms with Gasteiger partial charge in [-0.25, -0.2) is 9.59 Å². The summed E-state index contributed by atoms with van der Waals surface area (Å²) in [5, 5.41) is 19.6. The van der Waals surface area contributed by atoms with Gasteiger partial charge < -0.3 is 9.84 Å². The Morgan fingerprint density at radius 2 is 1.91 bits per heavy atom. The minimum absolute atomic E-state index is 0.380. The molecule has 1 heterocycles. The Balaban J connectivity index is 2.42. The van der Waals surface area contributed by atoms with Crippen LogP contribution in [0.2, 0.25) is 0 Å². The minimum Gasteiger partial charge on any atom is -0.480 e. The van der Waals surface area contributed by atoms with Crippen LogP contribution in [0, 0.1) is 0 Å². The number of benzene rings is 1. The number of H-pyrrole nitrogens is 1. The minimum atomic E-state index is -1.13. The molecule has 8 nitrogen and oxygen atoms in total. The highest BCUT2D eigenvalue weighted by Gasteiger charge is 2.31. The largest absolute Gasteiger partial charge is 0.480 e. The SMILES string of the molecule is C[C@@H](C(=O)O)N(C(=O)OC(C)(C)C)c1ccc2n[nH]nc2c1. The number of anilines is 1. The summed E-state index contributed by atoms with van der Waals surface area (Å²) >= 11 is 0. The van der Waals surface area contributed by atoms with Crippen molar-refractivity contribution in [2.75, 3.05) is 4.90 Å². The van der Waals surface area contributed by atoms with Gasteiger partial charge in [-0.3, -0.25) is 4.90 Å². The smallest absolute Gasteiger partial charge is 0.415 e. The van der Waals surface area contributed by atoms with E-state index in [0.717, 1.165) is 4.90 Å². The number of carbonyl (C=O) groups is 2. The Morgan fingerprint density at radius 1 is 1.27 bits per heavy atom. The van der Waals surface area contributed by atoms with E-state index >= 15 is 0 Å². The van der Waals surface area contributed by atoms with Crippen LogP contribution >= 0.6 is 0 Å². The number of hydrogen-bond donors (Lipinski definition) is 2. The average molecular weight is 306 g/mol. The molecule has 1 aromatic heterocycles. The first-order chi connectivity index (χ1) is 10.2. The van der Waals surface area contributed by atoms with E-state index in [-0.39, 0.29) is 0 Å². The van der Waals surface area contributed by atoms with Crippen LogP contribution < -0.4 is 4.90 Å². The van der Waals surface area contributed by atoms with Crippen molar-refractivity contribution < 1.29 is 19.4 Å². The molecule has 0 unspecified atom stereocenters. The summed E-state index contributed by atoms with van der Waals surface area (Å²) in [6.07, 6.45) is -0.731.